The van der Waals surface area contributed by atoms with E-state index in [1.54, 1.807) is 18.2 Å². The number of alkyl halides is 4. The van der Waals surface area contributed by atoms with Crippen molar-refractivity contribution in [3.05, 3.63) is 112 Å². The van der Waals surface area contributed by atoms with Crippen molar-refractivity contribution in [2.75, 3.05) is 51.4 Å². The SMILES string of the molecule is CN(C(=O)c1ccc(C(F)(F)F)cc1Cl)c1ccc(Oc2ccc3cc(C(=O)N4CCN(Cc5ccc(OCCF)cc5)CC4)n(C)c3c2)nc1. The van der Waals surface area contributed by atoms with Crippen molar-refractivity contribution >= 4 is 40.0 Å². The zero-order valence-electron chi connectivity index (χ0n) is 27.8. The molecule has 51 heavy (non-hydrogen) atoms. The van der Waals surface area contributed by atoms with Gasteiger partial charge in [-0.1, -0.05) is 23.7 Å². The summed E-state index contributed by atoms with van der Waals surface area (Å²) >= 11 is 6.01. The molecule has 0 spiro atoms. The molecular weight excluding hydrogens is 690 g/mol. The number of pyridine rings is 1. The van der Waals surface area contributed by atoms with Crippen molar-refractivity contribution in [3.63, 3.8) is 0 Å². The molecule has 3 aromatic carbocycles. The summed E-state index contributed by atoms with van der Waals surface area (Å²) in [6.45, 7) is 2.89. The summed E-state index contributed by atoms with van der Waals surface area (Å²) in [5.41, 5.74) is 1.82. The van der Waals surface area contributed by atoms with E-state index in [0.717, 1.165) is 54.3 Å². The number of fused-ring (bicyclic) bond motifs is 1. The summed E-state index contributed by atoms with van der Waals surface area (Å²) in [5.74, 6) is 0.712. The fourth-order valence-electron chi connectivity index (χ4n) is 5.87. The van der Waals surface area contributed by atoms with Crippen LogP contribution >= 0.6 is 11.6 Å². The average molecular weight is 724 g/mol. The summed E-state index contributed by atoms with van der Waals surface area (Å²) in [5, 5.41) is 0.562. The number of halogens is 5. The monoisotopic (exact) mass is 723 g/mol. The second-order valence-electron chi connectivity index (χ2n) is 12.1. The Hall–Kier alpha value is -5.14. The van der Waals surface area contributed by atoms with Gasteiger partial charge in [0, 0.05) is 64.3 Å². The molecule has 0 bridgehead atoms. The first kappa shape index (κ1) is 35.7. The van der Waals surface area contributed by atoms with Crippen molar-refractivity contribution in [2.45, 2.75) is 12.7 Å². The van der Waals surface area contributed by atoms with Crippen LogP contribution in [-0.2, 0) is 19.8 Å². The van der Waals surface area contributed by atoms with Crippen molar-refractivity contribution in [1.82, 2.24) is 19.4 Å². The Bertz CT molecular complexity index is 2030. The molecule has 1 fully saturated rings. The number of carbonyl (C=O) groups is 2. The summed E-state index contributed by atoms with van der Waals surface area (Å²) in [7, 11) is 3.30. The molecule has 9 nitrogen and oxygen atoms in total. The van der Waals surface area contributed by atoms with Gasteiger partial charge in [0.15, 0.2) is 0 Å². The van der Waals surface area contributed by atoms with Gasteiger partial charge < -0.3 is 23.8 Å². The fourth-order valence-corrected chi connectivity index (χ4v) is 6.13. The van der Waals surface area contributed by atoms with Crippen LogP contribution in [0.15, 0.2) is 85.1 Å². The number of carbonyl (C=O) groups excluding carboxylic acids is 2. The Balaban J connectivity index is 1.06. The van der Waals surface area contributed by atoms with Gasteiger partial charge in [-0.2, -0.15) is 13.2 Å². The molecule has 1 aliphatic rings. The van der Waals surface area contributed by atoms with Crippen LogP contribution in [0.4, 0.5) is 23.2 Å². The smallest absolute Gasteiger partial charge is 0.416 e. The van der Waals surface area contributed by atoms with E-state index < -0.39 is 24.3 Å². The molecule has 6 rings (SSSR count). The van der Waals surface area contributed by atoms with Gasteiger partial charge in [-0.25, -0.2) is 9.37 Å². The number of aryl methyl sites for hydroxylation is 1. The maximum atomic E-state index is 13.6. The molecule has 1 aliphatic heterocycles. The Labute approximate surface area is 296 Å². The Morgan fingerprint density at radius 1 is 0.922 bits per heavy atom. The number of hydrogen-bond donors (Lipinski definition) is 0. The average Bonchev–Trinajstić information content (AvgIpc) is 3.45. The highest BCUT2D eigenvalue weighted by atomic mass is 35.5. The standard InChI is InChI=1S/C37H34ClF4N5O4/c1-44(35(48)30-11-6-26(20-31(30)38)37(40,41)42)27-7-12-34(43-22-27)51-29-10-5-25-19-33(45(2)32(25)21-29)36(49)47-16-14-46(15-17-47)23-24-3-8-28(9-4-24)50-18-13-39/h3-12,19-22H,13-18,23H2,1-2H3. The lowest BCUT2D eigenvalue weighted by Gasteiger charge is -2.34. The predicted octanol–water partition coefficient (Wildman–Crippen LogP) is 7.62. The first-order chi connectivity index (χ1) is 24.4. The number of hydrogen-bond acceptors (Lipinski definition) is 6. The van der Waals surface area contributed by atoms with Crippen molar-refractivity contribution in [1.29, 1.82) is 0 Å². The third-order valence-corrected chi connectivity index (χ3v) is 9.05. The molecule has 0 N–H and O–H groups in total. The van der Waals surface area contributed by atoms with Gasteiger partial charge in [0.2, 0.25) is 5.88 Å². The molecule has 0 radical (unpaired) electrons. The van der Waals surface area contributed by atoms with Gasteiger partial charge in [-0.15, -0.1) is 0 Å². The van der Waals surface area contributed by atoms with Crippen molar-refractivity contribution < 1.29 is 36.6 Å². The van der Waals surface area contributed by atoms with Crippen LogP contribution < -0.4 is 14.4 Å². The second-order valence-corrected chi connectivity index (χ2v) is 12.5. The fraction of sp³-hybridized carbons (Fsp3) is 0.270. The number of piperazine rings is 1. The predicted molar refractivity (Wildman–Crippen MR) is 186 cm³/mol. The van der Waals surface area contributed by atoms with E-state index in [-0.39, 0.29) is 29.0 Å². The van der Waals surface area contributed by atoms with Crippen molar-refractivity contribution in [3.8, 4) is 17.4 Å². The number of nitrogens with zero attached hydrogens (tertiary/aromatic N) is 5. The van der Waals surface area contributed by atoms with E-state index in [2.05, 4.69) is 9.88 Å². The lowest BCUT2D eigenvalue weighted by atomic mass is 10.1. The number of ether oxygens (including phenoxy) is 2. The number of rotatable bonds is 10. The maximum Gasteiger partial charge on any atom is 0.416 e. The molecule has 0 atom stereocenters. The topological polar surface area (TPSA) is 80.1 Å². The normalized spacial score (nSPS) is 13.7. The third-order valence-electron chi connectivity index (χ3n) is 8.73. The Morgan fingerprint density at radius 2 is 1.65 bits per heavy atom. The number of benzene rings is 3. The number of amides is 2. The number of aromatic nitrogens is 2. The first-order valence-corrected chi connectivity index (χ1v) is 16.5. The van der Waals surface area contributed by atoms with Gasteiger partial charge in [0.25, 0.3) is 11.8 Å². The van der Waals surface area contributed by atoms with Crippen molar-refractivity contribution in [2.24, 2.45) is 7.05 Å². The van der Waals surface area contributed by atoms with E-state index in [1.165, 1.54) is 18.1 Å². The molecule has 2 amide bonds. The van der Waals surface area contributed by atoms with Crippen LogP contribution in [0.25, 0.3) is 10.9 Å². The maximum absolute atomic E-state index is 13.6. The molecular formula is C37H34ClF4N5O4. The molecule has 5 aromatic rings. The molecule has 0 saturated carbocycles. The summed E-state index contributed by atoms with van der Waals surface area (Å²) in [6.07, 6.45) is -3.17. The highest BCUT2D eigenvalue weighted by molar-refractivity contribution is 6.34. The minimum Gasteiger partial charge on any atom is -0.491 e. The van der Waals surface area contributed by atoms with Crippen LogP contribution in [0.5, 0.6) is 17.4 Å². The lowest BCUT2D eigenvalue weighted by Crippen LogP contribution is -2.48. The second kappa shape index (κ2) is 15.0. The summed E-state index contributed by atoms with van der Waals surface area (Å²) in [6, 6.07) is 20.7. The molecule has 14 heteroatoms. The van der Waals surface area contributed by atoms with Crippen LogP contribution in [-0.4, -0.2) is 77.7 Å². The van der Waals surface area contributed by atoms with Crippen LogP contribution in [0, 0.1) is 0 Å². The molecule has 266 valence electrons. The quantitative estimate of drug-likeness (QED) is 0.138. The molecule has 0 aliphatic carbocycles. The van der Waals surface area contributed by atoms with Gasteiger partial charge >= 0.3 is 6.18 Å². The van der Waals surface area contributed by atoms with E-state index in [1.807, 2.05) is 59.0 Å². The number of anilines is 1. The largest absolute Gasteiger partial charge is 0.491 e. The van der Waals surface area contributed by atoms with E-state index in [4.69, 9.17) is 21.1 Å². The van der Waals surface area contributed by atoms with E-state index in [0.29, 0.717) is 36.0 Å². The Morgan fingerprint density at radius 3 is 2.29 bits per heavy atom. The van der Waals surface area contributed by atoms with Gasteiger partial charge in [-0.05, 0) is 60.2 Å². The molecule has 3 heterocycles. The van der Waals surface area contributed by atoms with Gasteiger partial charge in [0.1, 0.15) is 30.5 Å². The van der Waals surface area contributed by atoms with E-state index in [9.17, 15) is 27.2 Å². The molecule has 2 aromatic heterocycles. The van der Waals surface area contributed by atoms with Gasteiger partial charge in [0.05, 0.1) is 33.6 Å². The van der Waals surface area contributed by atoms with Crippen LogP contribution in [0.3, 0.4) is 0 Å². The minimum atomic E-state index is -4.58. The zero-order chi connectivity index (χ0) is 36.3. The first-order valence-electron chi connectivity index (χ1n) is 16.1. The minimum absolute atomic E-state index is 0.0375. The molecule has 1 saturated heterocycles. The van der Waals surface area contributed by atoms with E-state index >= 15 is 0 Å². The molecule has 0 unspecified atom stereocenters. The lowest BCUT2D eigenvalue weighted by molar-refractivity contribution is -0.137. The van der Waals surface area contributed by atoms with Crippen LogP contribution in [0.1, 0.15) is 32.0 Å². The Kier molecular flexibility index (Phi) is 10.5. The third kappa shape index (κ3) is 8.10. The highest BCUT2D eigenvalue weighted by Crippen LogP contribution is 2.33. The summed E-state index contributed by atoms with van der Waals surface area (Å²) in [4.78, 5) is 36.2. The highest BCUT2D eigenvalue weighted by Gasteiger charge is 2.32. The zero-order valence-corrected chi connectivity index (χ0v) is 28.5. The van der Waals surface area contributed by atoms with Crippen LogP contribution in [0.2, 0.25) is 5.02 Å². The summed E-state index contributed by atoms with van der Waals surface area (Å²) < 4.78 is 64.5. The van der Waals surface area contributed by atoms with Gasteiger partial charge in [-0.3, -0.25) is 14.5 Å².